The first-order valence-corrected chi connectivity index (χ1v) is 20.7. The van der Waals surface area contributed by atoms with Crippen LogP contribution in [-0.2, 0) is 15.6 Å². The summed E-state index contributed by atoms with van der Waals surface area (Å²) in [5, 5.41) is 15.9. The van der Waals surface area contributed by atoms with Crippen molar-refractivity contribution in [3.8, 4) is 0 Å². The minimum atomic E-state index is -2.15. The number of ether oxygens (including phenoxy) is 1. The number of nitrogens with zero attached hydrogens (tertiary/aromatic N) is 3. The molecule has 9 nitrogen and oxygen atoms in total. The Balaban J connectivity index is 1.38. The highest BCUT2D eigenvalue weighted by molar-refractivity contribution is 7.12. The number of carbonyl (C=O) groups excluding carboxylic acids is 2. The number of aliphatic hydroxyl groups is 1. The predicted octanol–water partition coefficient (Wildman–Crippen LogP) is 8.40. The molecule has 3 aromatic rings. The normalized spacial score (nSPS) is 21.4. The van der Waals surface area contributed by atoms with E-state index in [0.29, 0.717) is 39.4 Å². The Kier molecular flexibility index (Phi) is 11.4. The number of hydrogen-bond acceptors (Lipinski definition) is 9. The van der Waals surface area contributed by atoms with Crippen LogP contribution >= 0.6 is 11.3 Å². The van der Waals surface area contributed by atoms with Crippen molar-refractivity contribution in [3.05, 3.63) is 75.4 Å². The summed E-state index contributed by atoms with van der Waals surface area (Å²) in [6, 6.07) is 9.67. The topological polar surface area (TPSA) is 114 Å². The van der Waals surface area contributed by atoms with Crippen LogP contribution in [0.25, 0.3) is 0 Å². The molecular formula is C38H54N4O5SSi. The number of amides is 1. The number of nitrogens with one attached hydrogen (secondary N) is 1. The zero-order chi connectivity index (χ0) is 35.7. The summed E-state index contributed by atoms with van der Waals surface area (Å²) in [4.78, 5) is 38.6. The SMILES string of the molecule is CC(C)[Si](O[C@H]1C[C@H](Nc2ncncc2C(=O)c2cc([C@@H]3c4ccccc4CCN3C(=O)OC(C)(C)C)cs2)C[C@@H]1CO)(C(C)C)C(C)C. The largest absolute Gasteiger partial charge is 0.444 e. The molecule has 1 amide bonds. The number of thiophene rings is 1. The van der Waals surface area contributed by atoms with Gasteiger partial charge in [0.15, 0.2) is 0 Å². The van der Waals surface area contributed by atoms with Gasteiger partial charge in [-0.05, 0) is 84.8 Å². The van der Waals surface area contributed by atoms with Crippen LogP contribution in [0, 0.1) is 5.92 Å². The summed E-state index contributed by atoms with van der Waals surface area (Å²) in [6.45, 7) is 19.9. The molecule has 5 rings (SSSR count). The molecule has 4 atom stereocenters. The van der Waals surface area contributed by atoms with Crippen LogP contribution in [0.5, 0.6) is 0 Å². The summed E-state index contributed by atoms with van der Waals surface area (Å²) in [5.41, 5.74) is 4.19. The Morgan fingerprint density at radius 2 is 1.78 bits per heavy atom. The molecule has 2 aromatic heterocycles. The van der Waals surface area contributed by atoms with Crippen molar-refractivity contribution in [2.75, 3.05) is 18.5 Å². The lowest BCUT2D eigenvalue weighted by Crippen LogP contribution is -2.51. The van der Waals surface area contributed by atoms with Crippen LogP contribution in [0.2, 0.25) is 16.6 Å². The molecule has 1 aromatic carbocycles. The first kappa shape index (κ1) is 37.1. The maximum absolute atomic E-state index is 14.1. The lowest BCUT2D eigenvalue weighted by atomic mass is 9.89. The molecule has 0 bridgehead atoms. The number of aliphatic hydroxyl groups excluding tert-OH is 1. The molecule has 49 heavy (non-hydrogen) atoms. The van der Waals surface area contributed by atoms with E-state index in [1.165, 1.54) is 23.2 Å². The maximum atomic E-state index is 14.1. The fourth-order valence-electron chi connectivity index (χ4n) is 8.20. The molecule has 1 aliphatic carbocycles. The Morgan fingerprint density at radius 1 is 1.08 bits per heavy atom. The lowest BCUT2D eigenvalue weighted by molar-refractivity contribution is 0.0178. The first-order chi connectivity index (χ1) is 23.2. The summed E-state index contributed by atoms with van der Waals surface area (Å²) in [7, 11) is -2.15. The van der Waals surface area contributed by atoms with Crippen LogP contribution in [-0.4, -0.2) is 71.1 Å². The fourth-order valence-corrected chi connectivity index (χ4v) is 14.7. The smallest absolute Gasteiger partial charge is 0.411 e. The quantitative estimate of drug-likeness (QED) is 0.151. The van der Waals surface area contributed by atoms with E-state index in [2.05, 4.69) is 69.0 Å². The molecule has 0 saturated heterocycles. The van der Waals surface area contributed by atoms with E-state index in [-0.39, 0.29) is 42.6 Å². The minimum absolute atomic E-state index is 0.00718. The van der Waals surface area contributed by atoms with Crippen molar-refractivity contribution in [2.24, 2.45) is 5.92 Å². The monoisotopic (exact) mass is 706 g/mol. The van der Waals surface area contributed by atoms with Crippen LogP contribution in [0.4, 0.5) is 10.6 Å². The van der Waals surface area contributed by atoms with E-state index in [0.717, 1.165) is 30.4 Å². The predicted molar refractivity (Wildman–Crippen MR) is 198 cm³/mol. The number of ketones is 1. The number of fused-ring (bicyclic) bond motifs is 1. The van der Waals surface area contributed by atoms with Gasteiger partial charge in [-0.2, -0.15) is 0 Å². The van der Waals surface area contributed by atoms with Crippen molar-refractivity contribution in [1.29, 1.82) is 0 Å². The van der Waals surface area contributed by atoms with Gasteiger partial charge in [0.2, 0.25) is 14.1 Å². The standard InChI is InChI=1S/C38H54N4O5SSi/c1-23(2)49(24(3)4,25(5)6)47-32-18-29(16-27(32)20-43)41-36-31(19-39-22-40-36)35(44)33-17-28(21-48-33)34-30-13-11-10-12-26(30)14-15-42(34)37(45)46-38(7,8)9/h10-13,17,19,21-25,27,29,32,34,43H,14-16,18,20H2,1-9H3,(H,39,40,41)/t27-,29-,32+,34-/m1/s1. The Bertz CT molecular complexity index is 1600. The fraction of sp³-hybridized carbons (Fsp3) is 0.579. The number of hydrogen-bond donors (Lipinski definition) is 2. The molecule has 1 aliphatic heterocycles. The highest BCUT2D eigenvalue weighted by Gasteiger charge is 2.49. The van der Waals surface area contributed by atoms with Gasteiger partial charge in [0.1, 0.15) is 17.7 Å². The molecule has 2 N–H and O–H groups in total. The molecule has 3 heterocycles. The molecule has 0 spiro atoms. The zero-order valence-electron chi connectivity index (χ0n) is 30.5. The van der Waals surface area contributed by atoms with Gasteiger partial charge in [0.25, 0.3) is 0 Å². The van der Waals surface area contributed by atoms with E-state index in [9.17, 15) is 14.7 Å². The van der Waals surface area contributed by atoms with E-state index >= 15 is 0 Å². The van der Waals surface area contributed by atoms with Gasteiger partial charge in [-0.1, -0.05) is 65.8 Å². The third-order valence-electron chi connectivity index (χ3n) is 10.3. The maximum Gasteiger partial charge on any atom is 0.411 e. The second-order valence-electron chi connectivity index (χ2n) is 15.6. The molecule has 2 aliphatic rings. The van der Waals surface area contributed by atoms with Gasteiger partial charge in [-0.15, -0.1) is 11.3 Å². The van der Waals surface area contributed by atoms with E-state index in [1.54, 1.807) is 11.1 Å². The average molecular weight is 707 g/mol. The highest BCUT2D eigenvalue weighted by Crippen LogP contribution is 2.46. The zero-order valence-corrected chi connectivity index (χ0v) is 32.3. The third-order valence-corrected chi connectivity index (χ3v) is 17.4. The van der Waals surface area contributed by atoms with E-state index < -0.39 is 13.9 Å². The van der Waals surface area contributed by atoms with Gasteiger partial charge < -0.3 is 19.6 Å². The summed E-state index contributed by atoms with van der Waals surface area (Å²) in [6.07, 6.45) is 4.78. The molecule has 1 fully saturated rings. The molecular weight excluding hydrogens is 653 g/mol. The molecule has 0 radical (unpaired) electrons. The van der Waals surface area contributed by atoms with E-state index in [4.69, 9.17) is 9.16 Å². The van der Waals surface area contributed by atoms with Crippen molar-refractivity contribution in [3.63, 3.8) is 0 Å². The number of aromatic nitrogens is 2. The summed E-state index contributed by atoms with van der Waals surface area (Å²) in [5.74, 6) is 0.311. The average Bonchev–Trinajstić information content (AvgIpc) is 3.68. The number of benzene rings is 1. The second kappa shape index (κ2) is 15.0. The molecule has 11 heteroatoms. The number of rotatable bonds is 11. The minimum Gasteiger partial charge on any atom is -0.444 e. The van der Waals surface area contributed by atoms with Crippen LogP contribution in [0.1, 0.15) is 113 Å². The lowest BCUT2D eigenvalue weighted by Gasteiger charge is -2.45. The molecule has 1 saturated carbocycles. The highest BCUT2D eigenvalue weighted by atomic mass is 32.1. The van der Waals surface area contributed by atoms with Gasteiger partial charge in [0, 0.05) is 31.3 Å². The first-order valence-electron chi connectivity index (χ1n) is 17.7. The molecule has 266 valence electrons. The summed E-state index contributed by atoms with van der Waals surface area (Å²) < 4.78 is 13.0. The Labute approximate surface area is 297 Å². The van der Waals surface area contributed by atoms with Crippen molar-refractivity contribution < 1.29 is 23.9 Å². The van der Waals surface area contributed by atoms with Crippen molar-refractivity contribution in [1.82, 2.24) is 14.9 Å². The van der Waals surface area contributed by atoms with Crippen LogP contribution in [0.3, 0.4) is 0 Å². The second-order valence-corrected chi connectivity index (χ2v) is 21.9. The van der Waals surface area contributed by atoms with Crippen LogP contribution < -0.4 is 5.32 Å². The van der Waals surface area contributed by atoms with Crippen LogP contribution in [0.15, 0.2) is 48.2 Å². The Morgan fingerprint density at radius 3 is 2.43 bits per heavy atom. The number of anilines is 1. The molecule has 0 unspecified atom stereocenters. The van der Waals surface area contributed by atoms with E-state index in [1.807, 2.05) is 44.4 Å². The van der Waals surface area contributed by atoms with Gasteiger partial charge in [0.05, 0.1) is 22.6 Å². The van der Waals surface area contributed by atoms with Crippen molar-refractivity contribution in [2.45, 2.75) is 122 Å². The summed E-state index contributed by atoms with van der Waals surface area (Å²) >= 11 is 1.36. The number of carbonyl (C=O) groups is 2. The van der Waals surface area contributed by atoms with Gasteiger partial charge in [-0.25, -0.2) is 14.8 Å². The van der Waals surface area contributed by atoms with Gasteiger partial charge >= 0.3 is 6.09 Å². The van der Waals surface area contributed by atoms with Crippen molar-refractivity contribution >= 4 is 37.3 Å². The van der Waals surface area contributed by atoms with Gasteiger partial charge in [-0.3, -0.25) is 9.69 Å². The third kappa shape index (κ3) is 7.80. The Hall–Kier alpha value is -3.12.